The molecule has 1 aliphatic rings. The van der Waals surface area contributed by atoms with Gasteiger partial charge in [-0.05, 0) is 58.9 Å². The molecular weight excluding hydrogens is 665 g/mol. The predicted molar refractivity (Wildman–Crippen MR) is 213 cm³/mol. The fraction of sp³-hybridized carbons (Fsp3) is 0.467. The molecular formula is C45H60O6Si. The molecule has 3 atom stereocenters. The van der Waals surface area contributed by atoms with E-state index in [1.165, 1.54) is 10.4 Å². The van der Waals surface area contributed by atoms with E-state index >= 15 is 0 Å². The van der Waals surface area contributed by atoms with Gasteiger partial charge in [0.1, 0.15) is 5.75 Å². The van der Waals surface area contributed by atoms with Crippen LogP contribution >= 0.6 is 0 Å². The van der Waals surface area contributed by atoms with Gasteiger partial charge >= 0.3 is 0 Å². The quantitative estimate of drug-likeness (QED) is 0.101. The molecule has 4 aromatic rings. The minimum atomic E-state index is -2.65. The predicted octanol–water partition coefficient (Wildman–Crippen LogP) is 9.09. The van der Waals surface area contributed by atoms with Crippen molar-refractivity contribution in [1.82, 2.24) is 0 Å². The summed E-state index contributed by atoms with van der Waals surface area (Å²) in [6.45, 7) is 17.7. The van der Waals surface area contributed by atoms with Crippen LogP contribution in [0.25, 0.3) is 0 Å². The Morgan fingerprint density at radius 3 is 1.81 bits per heavy atom. The minimum absolute atomic E-state index is 0.0174. The molecule has 0 bridgehead atoms. The van der Waals surface area contributed by atoms with Gasteiger partial charge in [-0.1, -0.05) is 138 Å². The normalized spacial score (nSPS) is 18.5. The Morgan fingerprint density at radius 1 is 0.712 bits per heavy atom. The summed E-state index contributed by atoms with van der Waals surface area (Å²) in [6, 6.07) is 40.1. The molecule has 6 nitrogen and oxygen atoms in total. The number of hydrogen-bond acceptors (Lipinski definition) is 6. The van der Waals surface area contributed by atoms with E-state index in [1.54, 1.807) is 7.11 Å². The van der Waals surface area contributed by atoms with Crippen LogP contribution in [0.15, 0.2) is 115 Å². The Kier molecular flexibility index (Phi) is 13.6. The summed E-state index contributed by atoms with van der Waals surface area (Å²) >= 11 is 0. The van der Waals surface area contributed by atoms with Crippen LogP contribution in [0.3, 0.4) is 0 Å². The molecule has 52 heavy (non-hydrogen) atoms. The summed E-state index contributed by atoms with van der Waals surface area (Å²) in [5.74, 6) is 0.106. The zero-order valence-electron chi connectivity index (χ0n) is 32.6. The third kappa shape index (κ3) is 10.4. The fourth-order valence-corrected chi connectivity index (χ4v) is 12.1. The van der Waals surface area contributed by atoms with E-state index in [2.05, 4.69) is 120 Å². The van der Waals surface area contributed by atoms with Gasteiger partial charge in [-0.15, -0.1) is 0 Å². The Labute approximate surface area is 313 Å². The Bertz CT molecular complexity index is 1580. The second-order valence-corrected chi connectivity index (χ2v) is 20.6. The molecule has 0 N–H and O–H groups in total. The Balaban J connectivity index is 1.29. The van der Waals surface area contributed by atoms with Crippen LogP contribution in [0.4, 0.5) is 0 Å². The molecule has 0 aromatic heterocycles. The third-order valence-corrected chi connectivity index (χ3v) is 15.2. The maximum absolute atomic E-state index is 7.26. The maximum atomic E-state index is 7.26. The van der Waals surface area contributed by atoms with E-state index in [0.29, 0.717) is 26.4 Å². The summed E-state index contributed by atoms with van der Waals surface area (Å²) in [7, 11) is -0.969. The lowest BCUT2D eigenvalue weighted by molar-refractivity contribution is -0.306. The third-order valence-electron chi connectivity index (χ3n) is 10.1. The van der Waals surface area contributed by atoms with E-state index < -0.39 is 14.1 Å². The maximum Gasteiger partial charge on any atom is 0.261 e. The smallest absolute Gasteiger partial charge is 0.261 e. The number of methoxy groups -OCH3 is 1. The zero-order chi connectivity index (χ0) is 37.2. The molecule has 1 heterocycles. The van der Waals surface area contributed by atoms with Gasteiger partial charge in [0, 0.05) is 24.9 Å². The first-order chi connectivity index (χ1) is 24.8. The van der Waals surface area contributed by atoms with Gasteiger partial charge < -0.3 is 28.1 Å². The van der Waals surface area contributed by atoms with Crippen molar-refractivity contribution in [3.05, 3.63) is 126 Å². The van der Waals surface area contributed by atoms with E-state index in [9.17, 15) is 0 Å². The molecule has 0 spiro atoms. The fourth-order valence-electron chi connectivity index (χ4n) is 7.52. The first-order valence-corrected chi connectivity index (χ1v) is 20.7. The Hall–Kier alpha value is -3.30. The van der Waals surface area contributed by atoms with Crippen LogP contribution in [-0.2, 0) is 36.6 Å². The number of ether oxygens (including phenoxy) is 5. The van der Waals surface area contributed by atoms with Crippen LogP contribution < -0.4 is 15.1 Å². The van der Waals surface area contributed by atoms with Gasteiger partial charge in [0.2, 0.25) is 0 Å². The molecule has 1 saturated heterocycles. The highest BCUT2D eigenvalue weighted by atomic mass is 28.4. The molecule has 7 heteroatoms. The molecule has 1 fully saturated rings. The van der Waals surface area contributed by atoms with Gasteiger partial charge in [-0.3, -0.25) is 0 Å². The average molecular weight is 725 g/mol. The summed E-state index contributed by atoms with van der Waals surface area (Å²) in [5.41, 5.74) is 1.97. The monoisotopic (exact) mass is 724 g/mol. The molecule has 0 unspecified atom stereocenters. The summed E-state index contributed by atoms with van der Waals surface area (Å²) in [6.07, 6.45) is 2.08. The van der Waals surface area contributed by atoms with Gasteiger partial charge in [0.25, 0.3) is 8.32 Å². The van der Waals surface area contributed by atoms with E-state index in [-0.39, 0.29) is 28.8 Å². The van der Waals surface area contributed by atoms with E-state index in [0.717, 1.165) is 36.1 Å². The van der Waals surface area contributed by atoms with Crippen molar-refractivity contribution in [2.45, 2.75) is 110 Å². The first kappa shape index (κ1) is 39.9. The van der Waals surface area contributed by atoms with Crippen molar-refractivity contribution < 1.29 is 28.1 Å². The molecule has 5 rings (SSSR count). The molecule has 0 saturated carbocycles. The topological polar surface area (TPSA) is 55.4 Å². The standard InChI is InChI=1S/C45H60O6Si/c1-43(2,3)52(40-20-14-10-15-21-40,41-22-16-11-17-23-41)49-29-28-38-30-39(51-45(6,7)50-38)31-42(48-33-35-18-12-9-13-19-35)44(4,5)34-47-32-36-24-26-37(46-8)27-25-36/h9-27,38-39,42H,28-34H2,1-8H3/t38-,39+,42-/m0/s1. The van der Waals surface area contributed by atoms with Crippen molar-refractivity contribution in [2.75, 3.05) is 20.3 Å². The summed E-state index contributed by atoms with van der Waals surface area (Å²) in [5, 5.41) is 2.49. The van der Waals surface area contributed by atoms with Crippen LogP contribution in [0, 0.1) is 5.41 Å². The van der Waals surface area contributed by atoms with Crippen LogP contribution in [0.5, 0.6) is 5.75 Å². The number of hydrogen-bond donors (Lipinski definition) is 0. The van der Waals surface area contributed by atoms with Crippen molar-refractivity contribution in [3.8, 4) is 5.75 Å². The lowest BCUT2D eigenvalue weighted by Gasteiger charge is -2.45. The molecule has 4 aromatic carbocycles. The van der Waals surface area contributed by atoms with Crippen LogP contribution in [-0.4, -0.2) is 52.7 Å². The Morgan fingerprint density at radius 2 is 1.25 bits per heavy atom. The SMILES string of the molecule is COc1ccc(COCC(C)(C)[C@H](C[C@H]2C[C@H](CCO[Si](c3ccccc3)(c3ccccc3)C(C)(C)C)OC(C)(C)O2)OCc2ccccc2)cc1. The summed E-state index contributed by atoms with van der Waals surface area (Å²) in [4.78, 5) is 0. The number of rotatable bonds is 17. The van der Waals surface area contributed by atoms with Gasteiger partial charge in [-0.25, -0.2) is 0 Å². The van der Waals surface area contributed by atoms with E-state index in [4.69, 9.17) is 28.1 Å². The molecule has 280 valence electrons. The van der Waals surface area contributed by atoms with Crippen molar-refractivity contribution in [3.63, 3.8) is 0 Å². The zero-order valence-corrected chi connectivity index (χ0v) is 33.6. The van der Waals surface area contributed by atoms with Crippen molar-refractivity contribution in [1.29, 1.82) is 0 Å². The van der Waals surface area contributed by atoms with Crippen molar-refractivity contribution in [2.24, 2.45) is 5.41 Å². The van der Waals surface area contributed by atoms with Crippen LogP contribution in [0.1, 0.15) is 78.9 Å². The van der Waals surface area contributed by atoms with E-state index in [1.807, 2.05) is 44.2 Å². The van der Waals surface area contributed by atoms with Gasteiger partial charge in [0.15, 0.2) is 5.79 Å². The molecule has 0 aliphatic carbocycles. The highest BCUT2D eigenvalue weighted by Crippen LogP contribution is 2.39. The number of benzene rings is 4. The lowest BCUT2D eigenvalue weighted by Crippen LogP contribution is -2.66. The second-order valence-electron chi connectivity index (χ2n) is 16.3. The summed E-state index contributed by atoms with van der Waals surface area (Å²) < 4.78 is 38.9. The molecule has 0 radical (unpaired) electrons. The van der Waals surface area contributed by atoms with Gasteiger partial charge in [-0.2, -0.15) is 0 Å². The average Bonchev–Trinajstić information content (AvgIpc) is 3.12. The minimum Gasteiger partial charge on any atom is -0.497 e. The highest BCUT2D eigenvalue weighted by Gasteiger charge is 2.50. The van der Waals surface area contributed by atoms with Crippen LogP contribution in [0.2, 0.25) is 5.04 Å². The molecule has 1 aliphatic heterocycles. The highest BCUT2D eigenvalue weighted by molar-refractivity contribution is 6.99. The van der Waals surface area contributed by atoms with Gasteiger partial charge in [0.05, 0.1) is 45.2 Å². The second kappa shape index (κ2) is 17.7. The largest absolute Gasteiger partial charge is 0.497 e. The first-order valence-electron chi connectivity index (χ1n) is 18.8. The lowest BCUT2D eigenvalue weighted by atomic mass is 9.83. The molecule has 0 amide bonds. The van der Waals surface area contributed by atoms with Crippen molar-refractivity contribution >= 4 is 18.7 Å².